The molecule has 1 fully saturated rings. The first-order valence-electron chi connectivity index (χ1n) is 6.21. The molecule has 3 rings (SSSR count). The van der Waals surface area contributed by atoms with Gasteiger partial charge in [-0.25, -0.2) is 4.68 Å². The highest BCUT2D eigenvalue weighted by Crippen LogP contribution is 2.26. The quantitative estimate of drug-likeness (QED) is 0.879. The predicted octanol–water partition coefficient (Wildman–Crippen LogP) is 2.23. The van der Waals surface area contributed by atoms with Crippen molar-refractivity contribution in [3.8, 4) is 11.3 Å². The number of ether oxygens (including phenoxy) is 1. The zero-order valence-electron chi connectivity index (χ0n) is 10.1. The average Bonchev–Trinajstić information content (AvgIpc) is 2.90. The second kappa shape index (κ2) is 4.78. The minimum Gasteiger partial charge on any atom is -0.397 e. The summed E-state index contributed by atoms with van der Waals surface area (Å²) in [5.74, 6) is 0. The van der Waals surface area contributed by atoms with Crippen LogP contribution in [0, 0.1) is 0 Å². The SMILES string of the molecule is Nc1cccnc1-c1cnn(C2CCCCO2)c1. The van der Waals surface area contributed by atoms with Crippen LogP contribution >= 0.6 is 0 Å². The summed E-state index contributed by atoms with van der Waals surface area (Å²) in [6.45, 7) is 0.811. The first kappa shape index (κ1) is 11.2. The monoisotopic (exact) mass is 244 g/mol. The van der Waals surface area contributed by atoms with E-state index in [0.717, 1.165) is 30.7 Å². The Balaban J connectivity index is 1.87. The van der Waals surface area contributed by atoms with Gasteiger partial charge in [-0.1, -0.05) is 0 Å². The maximum absolute atomic E-state index is 5.91. The fraction of sp³-hybridized carbons (Fsp3) is 0.385. The van der Waals surface area contributed by atoms with E-state index in [-0.39, 0.29) is 6.23 Å². The number of aromatic nitrogens is 3. The zero-order chi connectivity index (χ0) is 12.4. The van der Waals surface area contributed by atoms with Gasteiger partial charge in [0.1, 0.15) is 6.23 Å². The summed E-state index contributed by atoms with van der Waals surface area (Å²) in [5.41, 5.74) is 8.29. The van der Waals surface area contributed by atoms with Crippen molar-refractivity contribution in [2.75, 3.05) is 12.3 Å². The van der Waals surface area contributed by atoms with Crippen LogP contribution in [0.4, 0.5) is 5.69 Å². The van der Waals surface area contributed by atoms with Gasteiger partial charge in [0, 0.05) is 24.6 Å². The van der Waals surface area contributed by atoms with Gasteiger partial charge in [-0.3, -0.25) is 4.98 Å². The number of hydrogen-bond donors (Lipinski definition) is 1. The van der Waals surface area contributed by atoms with Crippen molar-refractivity contribution in [2.24, 2.45) is 0 Å². The lowest BCUT2D eigenvalue weighted by atomic mass is 10.2. The van der Waals surface area contributed by atoms with Crippen molar-refractivity contribution in [3.05, 3.63) is 30.7 Å². The second-order valence-corrected chi connectivity index (χ2v) is 4.47. The van der Waals surface area contributed by atoms with E-state index in [1.54, 1.807) is 12.4 Å². The van der Waals surface area contributed by atoms with E-state index in [1.807, 2.05) is 23.0 Å². The van der Waals surface area contributed by atoms with Crippen molar-refractivity contribution in [1.82, 2.24) is 14.8 Å². The molecule has 1 unspecified atom stereocenters. The smallest absolute Gasteiger partial charge is 0.150 e. The van der Waals surface area contributed by atoms with Gasteiger partial charge in [-0.2, -0.15) is 5.10 Å². The van der Waals surface area contributed by atoms with Crippen LogP contribution in [0.5, 0.6) is 0 Å². The van der Waals surface area contributed by atoms with Crippen molar-refractivity contribution in [1.29, 1.82) is 0 Å². The highest BCUT2D eigenvalue weighted by atomic mass is 16.5. The van der Waals surface area contributed by atoms with Crippen molar-refractivity contribution < 1.29 is 4.74 Å². The highest BCUT2D eigenvalue weighted by molar-refractivity contribution is 5.70. The molecule has 18 heavy (non-hydrogen) atoms. The fourth-order valence-electron chi connectivity index (χ4n) is 2.21. The number of nitrogens with zero attached hydrogens (tertiary/aromatic N) is 3. The number of pyridine rings is 1. The topological polar surface area (TPSA) is 66.0 Å². The van der Waals surface area contributed by atoms with Gasteiger partial charge < -0.3 is 10.5 Å². The molecular formula is C13H16N4O. The molecule has 0 radical (unpaired) electrons. The molecule has 0 bridgehead atoms. The van der Waals surface area contributed by atoms with Crippen molar-refractivity contribution in [2.45, 2.75) is 25.5 Å². The Morgan fingerprint density at radius 1 is 1.39 bits per heavy atom. The number of nitrogen functional groups attached to an aromatic ring is 1. The van der Waals surface area contributed by atoms with Crippen LogP contribution in [0.1, 0.15) is 25.5 Å². The van der Waals surface area contributed by atoms with Crippen LogP contribution in [-0.2, 0) is 4.74 Å². The lowest BCUT2D eigenvalue weighted by molar-refractivity contribution is -0.0394. The minimum atomic E-state index is 0.0532. The highest BCUT2D eigenvalue weighted by Gasteiger charge is 2.17. The summed E-state index contributed by atoms with van der Waals surface area (Å²) in [6.07, 6.45) is 8.87. The average molecular weight is 244 g/mol. The third-order valence-electron chi connectivity index (χ3n) is 3.16. The summed E-state index contributed by atoms with van der Waals surface area (Å²) < 4.78 is 7.56. The molecule has 5 nitrogen and oxygen atoms in total. The molecule has 1 aliphatic heterocycles. The molecular weight excluding hydrogens is 228 g/mol. The minimum absolute atomic E-state index is 0.0532. The molecule has 2 aromatic rings. The van der Waals surface area contributed by atoms with E-state index in [4.69, 9.17) is 10.5 Å². The van der Waals surface area contributed by atoms with E-state index in [1.165, 1.54) is 6.42 Å². The van der Waals surface area contributed by atoms with Gasteiger partial charge in [-0.15, -0.1) is 0 Å². The van der Waals surface area contributed by atoms with Crippen LogP contribution in [0.15, 0.2) is 30.7 Å². The van der Waals surface area contributed by atoms with E-state index < -0.39 is 0 Å². The van der Waals surface area contributed by atoms with Gasteiger partial charge in [0.2, 0.25) is 0 Å². The Morgan fingerprint density at radius 2 is 2.33 bits per heavy atom. The van der Waals surface area contributed by atoms with Crippen molar-refractivity contribution in [3.63, 3.8) is 0 Å². The Morgan fingerprint density at radius 3 is 3.11 bits per heavy atom. The lowest BCUT2D eigenvalue weighted by Crippen LogP contribution is -2.18. The Bertz CT molecular complexity index is 531. The maximum atomic E-state index is 5.91. The van der Waals surface area contributed by atoms with Crippen LogP contribution in [-0.4, -0.2) is 21.4 Å². The third kappa shape index (κ3) is 2.09. The third-order valence-corrected chi connectivity index (χ3v) is 3.16. The largest absolute Gasteiger partial charge is 0.397 e. The molecule has 0 spiro atoms. The Hall–Kier alpha value is -1.88. The van der Waals surface area contributed by atoms with Crippen LogP contribution < -0.4 is 5.73 Å². The molecule has 2 aromatic heterocycles. The van der Waals surface area contributed by atoms with Crippen molar-refractivity contribution >= 4 is 5.69 Å². The first-order chi connectivity index (χ1) is 8.84. The van der Waals surface area contributed by atoms with Gasteiger partial charge in [-0.05, 0) is 31.4 Å². The molecule has 0 saturated carbocycles. The normalized spacial score (nSPS) is 19.9. The van der Waals surface area contributed by atoms with Crippen LogP contribution in [0.25, 0.3) is 11.3 Å². The first-order valence-corrected chi connectivity index (χ1v) is 6.21. The molecule has 0 amide bonds. The standard InChI is InChI=1S/C13H16N4O/c14-11-4-3-6-15-13(11)10-8-16-17(9-10)12-5-1-2-7-18-12/h3-4,6,8-9,12H,1-2,5,7,14H2. The van der Waals surface area contributed by atoms with Gasteiger partial charge in [0.25, 0.3) is 0 Å². The number of hydrogen-bond acceptors (Lipinski definition) is 4. The zero-order valence-corrected chi connectivity index (χ0v) is 10.1. The molecule has 0 aliphatic carbocycles. The molecule has 1 atom stereocenters. The molecule has 3 heterocycles. The molecule has 5 heteroatoms. The molecule has 1 saturated heterocycles. The summed E-state index contributed by atoms with van der Waals surface area (Å²) in [5, 5.41) is 4.35. The second-order valence-electron chi connectivity index (χ2n) is 4.47. The Labute approximate surface area is 106 Å². The fourth-order valence-corrected chi connectivity index (χ4v) is 2.21. The van der Waals surface area contributed by atoms with E-state index in [0.29, 0.717) is 5.69 Å². The van der Waals surface area contributed by atoms with Crippen LogP contribution in [0.3, 0.4) is 0 Å². The number of nitrogens with two attached hydrogens (primary N) is 1. The lowest BCUT2D eigenvalue weighted by Gasteiger charge is -2.22. The number of rotatable bonds is 2. The summed E-state index contributed by atoms with van der Waals surface area (Å²) in [4.78, 5) is 4.29. The van der Waals surface area contributed by atoms with E-state index >= 15 is 0 Å². The molecule has 2 N–H and O–H groups in total. The van der Waals surface area contributed by atoms with Crippen LogP contribution in [0.2, 0.25) is 0 Å². The Kier molecular flexibility index (Phi) is 2.98. The molecule has 0 aromatic carbocycles. The van der Waals surface area contributed by atoms with Gasteiger partial charge in [0.05, 0.1) is 17.6 Å². The molecule has 1 aliphatic rings. The van der Waals surface area contributed by atoms with E-state index in [9.17, 15) is 0 Å². The summed E-state index contributed by atoms with van der Waals surface area (Å²) in [7, 11) is 0. The molecule has 94 valence electrons. The van der Waals surface area contributed by atoms with E-state index in [2.05, 4.69) is 10.1 Å². The van der Waals surface area contributed by atoms with Gasteiger partial charge in [0.15, 0.2) is 0 Å². The summed E-state index contributed by atoms with van der Waals surface area (Å²) >= 11 is 0. The predicted molar refractivity (Wildman–Crippen MR) is 68.7 cm³/mol. The summed E-state index contributed by atoms with van der Waals surface area (Å²) in [6, 6.07) is 3.67. The number of anilines is 1. The van der Waals surface area contributed by atoms with Gasteiger partial charge >= 0.3 is 0 Å². The maximum Gasteiger partial charge on any atom is 0.150 e.